The molecule has 0 amide bonds. The molecular weight excluding hydrogens is 285 g/mol. The van der Waals surface area contributed by atoms with Crippen molar-refractivity contribution in [3.63, 3.8) is 0 Å². The maximum Gasteiger partial charge on any atom is 0.306 e. The van der Waals surface area contributed by atoms with E-state index in [1.807, 2.05) is 6.20 Å². The van der Waals surface area contributed by atoms with Gasteiger partial charge in [-0.15, -0.1) is 0 Å². The second-order valence-corrected chi connectivity index (χ2v) is 7.53. The third-order valence-corrected chi connectivity index (χ3v) is 6.09. The molecule has 0 radical (unpaired) electrons. The quantitative estimate of drug-likeness (QED) is 0.620. The average molecular weight is 309 g/mol. The molecule has 0 bridgehead atoms. The monoisotopic (exact) mass is 309 g/mol. The summed E-state index contributed by atoms with van der Waals surface area (Å²) in [6.45, 7) is 0. The first-order valence-electron chi connectivity index (χ1n) is 9.01. The average Bonchev–Trinajstić information content (AvgIpc) is 2.94. The molecule has 4 rings (SSSR count). The van der Waals surface area contributed by atoms with E-state index in [-0.39, 0.29) is 12.1 Å². The van der Waals surface area contributed by atoms with E-state index in [2.05, 4.69) is 37.1 Å². The van der Waals surface area contributed by atoms with Gasteiger partial charge in [0.2, 0.25) is 0 Å². The van der Waals surface area contributed by atoms with E-state index < -0.39 is 0 Å². The van der Waals surface area contributed by atoms with E-state index in [1.54, 1.807) is 0 Å². The number of nitrogens with zero attached hydrogens (tertiary/aromatic N) is 1. The number of pyridine rings is 1. The highest BCUT2D eigenvalue weighted by atomic mass is 16.5. The molecule has 2 heterocycles. The number of rotatable bonds is 2. The standard InChI is InChI=1S/C19H24BNO2/c20-13-6-8-14(21-11-13)7-5-12-9-18-17(10-19(22)23-18)16-4-2-1-3-15(12)16/h5-8,11-12,15-18H,1-4,9-10,20H2/b7-5+/t12-,15+,16-,17+,18-/m1/s1. The highest BCUT2D eigenvalue weighted by Gasteiger charge is 2.49. The number of hydrogen-bond donors (Lipinski definition) is 0. The van der Waals surface area contributed by atoms with E-state index in [0.29, 0.717) is 24.2 Å². The number of aromatic nitrogens is 1. The molecule has 5 atom stereocenters. The lowest BCUT2D eigenvalue weighted by Crippen LogP contribution is -2.42. The zero-order valence-electron chi connectivity index (χ0n) is 13.8. The minimum Gasteiger partial charge on any atom is -0.462 e. The molecule has 120 valence electrons. The molecule has 0 unspecified atom stereocenters. The van der Waals surface area contributed by atoms with Crippen molar-refractivity contribution in [3.05, 3.63) is 30.1 Å². The molecule has 23 heavy (non-hydrogen) atoms. The molecule has 0 aromatic carbocycles. The Hall–Kier alpha value is -1.58. The lowest BCUT2D eigenvalue weighted by Gasteiger charge is -2.45. The molecular formula is C19H24BNO2. The summed E-state index contributed by atoms with van der Waals surface area (Å²) in [5, 5.41) is 0. The summed E-state index contributed by atoms with van der Waals surface area (Å²) in [4.78, 5) is 16.2. The topological polar surface area (TPSA) is 39.2 Å². The van der Waals surface area contributed by atoms with E-state index >= 15 is 0 Å². The second-order valence-electron chi connectivity index (χ2n) is 7.53. The lowest BCUT2D eigenvalue weighted by molar-refractivity contribution is -0.143. The van der Waals surface area contributed by atoms with Crippen molar-refractivity contribution in [2.24, 2.45) is 23.7 Å². The lowest BCUT2D eigenvalue weighted by atomic mass is 9.60. The van der Waals surface area contributed by atoms with E-state index in [0.717, 1.165) is 18.0 Å². The predicted molar refractivity (Wildman–Crippen MR) is 93.0 cm³/mol. The molecule has 3 nitrogen and oxygen atoms in total. The Morgan fingerprint density at radius 2 is 2.00 bits per heavy atom. The van der Waals surface area contributed by atoms with E-state index in [9.17, 15) is 4.79 Å². The number of carbonyl (C=O) groups excluding carboxylic acids is 1. The van der Waals surface area contributed by atoms with Crippen LogP contribution >= 0.6 is 0 Å². The van der Waals surface area contributed by atoms with Gasteiger partial charge in [-0.25, -0.2) is 0 Å². The van der Waals surface area contributed by atoms with Crippen LogP contribution in [-0.2, 0) is 9.53 Å². The fourth-order valence-electron chi connectivity index (χ4n) is 4.99. The molecule has 1 aliphatic heterocycles. The first-order chi connectivity index (χ1) is 11.2. The van der Waals surface area contributed by atoms with Crippen molar-refractivity contribution in [1.29, 1.82) is 0 Å². The van der Waals surface area contributed by atoms with E-state index in [1.165, 1.54) is 31.1 Å². The van der Waals surface area contributed by atoms with Crippen LogP contribution in [-0.4, -0.2) is 24.9 Å². The number of hydrogen-bond acceptors (Lipinski definition) is 3. The maximum absolute atomic E-state index is 11.8. The molecule has 0 spiro atoms. The van der Waals surface area contributed by atoms with Crippen LogP contribution in [0.15, 0.2) is 24.4 Å². The van der Waals surface area contributed by atoms with Gasteiger partial charge in [-0.05, 0) is 49.2 Å². The normalized spacial score (nSPS) is 36.5. The first kappa shape index (κ1) is 15.0. The van der Waals surface area contributed by atoms with Crippen molar-refractivity contribution >= 4 is 25.4 Å². The number of ether oxygens (including phenoxy) is 1. The Morgan fingerprint density at radius 1 is 1.17 bits per heavy atom. The van der Waals surface area contributed by atoms with Crippen molar-refractivity contribution in [2.45, 2.75) is 44.6 Å². The maximum atomic E-state index is 11.8. The molecule has 1 aromatic heterocycles. The fraction of sp³-hybridized carbons (Fsp3) is 0.579. The summed E-state index contributed by atoms with van der Waals surface area (Å²) in [6.07, 6.45) is 13.4. The van der Waals surface area contributed by atoms with Gasteiger partial charge in [0.15, 0.2) is 0 Å². The van der Waals surface area contributed by atoms with Gasteiger partial charge in [-0.1, -0.05) is 30.4 Å². The van der Waals surface area contributed by atoms with Gasteiger partial charge in [0.1, 0.15) is 14.0 Å². The van der Waals surface area contributed by atoms with Crippen LogP contribution in [0.25, 0.3) is 6.08 Å². The van der Waals surface area contributed by atoms with Crippen molar-refractivity contribution in [3.8, 4) is 0 Å². The fourth-order valence-corrected chi connectivity index (χ4v) is 4.99. The molecule has 1 aromatic rings. The molecule has 1 saturated heterocycles. The van der Waals surface area contributed by atoms with Crippen LogP contribution in [0.1, 0.15) is 44.2 Å². The summed E-state index contributed by atoms with van der Waals surface area (Å²) in [7, 11) is 2.06. The Labute approximate surface area is 138 Å². The second kappa shape index (κ2) is 6.14. The number of fused-ring (bicyclic) bond motifs is 3. The highest BCUT2D eigenvalue weighted by molar-refractivity contribution is 6.32. The van der Waals surface area contributed by atoms with Crippen LogP contribution in [0.4, 0.5) is 0 Å². The Morgan fingerprint density at radius 3 is 2.78 bits per heavy atom. The van der Waals surface area contributed by atoms with Gasteiger partial charge in [0.05, 0.1) is 12.1 Å². The van der Waals surface area contributed by atoms with Gasteiger partial charge >= 0.3 is 5.97 Å². The van der Waals surface area contributed by atoms with Crippen LogP contribution in [0.3, 0.4) is 0 Å². The largest absolute Gasteiger partial charge is 0.462 e. The molecule has 3 fully saturated rings. The van der Waals surface area contributed by atoms with Crippen LogP contribution < -0.4 is 5.46 Å². The minimum atomic E-state index is 0.0224. The Balaban J connectivity index is 1.55. The molecule has 2 aliphatic carbocycles. The van der Waals surface area contributed by atoms with Crippen molar-refractivity contribution in [1.82, 2.24) is 4.98 Å². The smallest absolute Gasteiger partial charge is 0.306 e. The third-order valence-electron chi connectivity index (χ3n) is 6.09. The molecule has 4 heteroatoms. The molecule has 3 aliphatic rings. The number of allylic oxidation sites excluding steroid dienone is 1. The molecule has 0 N–H and O–H groups in total. The summed E-state index contributed by atoms with van der Waals surface area (Å²) >= 11 is 0. The summed E-state index contributed by atoms with van der Waals surface area (Å²) in [5.41, 5.74) is 2.21. The SMILES string of the molecule is Bc1ccc(/C=C/[C@@H]2C[C@H]3OC(=O)C[C@H]3[C@@H]3CCCC[C@H]32)nc1. The van der Waals surface area contributed by atoms with Gasteiger partial charge in [-0.2, -0.15) is 0 Å². The Bertz CT molecular complexity index is 612. The highest BCUT2D eigenvalue weighted by Crippen LogP contribution is 2.51. The third kappa shape index (κ3) is 2.96. The van der Waals surface area contributed by atoms with Gasteiger partial charge in [0.25, 0.3) is 0 Å². The summed E-state index contributed by atoms with van der Waals surface area (Å²) in [6, 6.07) is 4.18. The van der Waals surface area contributed by atoms with Gasteiger partial charge < -0.3 is 4.74 Å². The summed E-state index contributed by atoms with van der Waals surface area (Å²) < 4.78 is 5.62. The first-order valence-corrected chi connectivity index (χ1v) is 9.01. The van der Waals surface area contributed by atoms with Crippen molar-refractivity contribution in [2.75, 3.05) is 0 Å². The number of esters is 1. The minimum absolute atomic E-state index is 0.0224. The zero-order valence-corrected chi connectivity index (χ0v) is 13.8. The molecule has 2 saturated carbocycles. The van der Waals surface area contributed by atoms with Gasteiger partial charge in [0, 0.05) is 12.1 Å². The van der Waals surface area contributed by atoms with Crippen LogP contribution in [0, 0.1) is 23.7 Å². The number of carbonyl (C=O) groups is 1. The van der Waals surface area contributed by atoms with Crippen molar-refractivity contribution < 1.29 is 9.53 Å². The zero-order chi connectivity index (χ0) is 15.8. The Kier molecular flexibility index (Phi) is 4.00. The summed E-state index contributed by atoms with van der Waals surface area (Å²) in [5.74, 6) is 2.43. The van der Waals surface area contributed by atoms with Crippen LogP contribution in [0.2, 0.25) is 0 Å². The van der Waals surface area contributed by atoms with Crippen LogP contribution in [0.5, 0.6) is 0 Å². The van der Waals surface area contributed by atoms with E-state index in [4.69, 9.17) is 4.74 Å². The predicted octanol–water partition coefficient (Wildman–Crippen LogP) is 2.11. The van der Waals surface area contributed by atoms with Gasteiger partial charge in [-0.3, -0.25) is 9.78 Å².